The van der Waals surface area contributed by atoms with Crippen molar-refractivity contribution in [2.75, 3.05) is 0 Å². The van der Waals surface area contributed by atoms with E-state index in [1.807, 2.05) is 18.2 Å². The van der Waals surface area contributed by atoms with Gasteiger partial charge in [0.25, 0.3) is 0 Å². The molecule has 0 N–H and O–H groups in total. The first-order valence-corrected chi connectivity index (χ1v) is 4.45. The van der Waals surface area contributed by atoms with Crippen molar-refractivity contribution in [2.45, 2.75) is 0 Å². The molecule has 3 aromatic rings. The Morgan fingerprint density at radius 1 is 0.867 bits per heavy atom. The van der Waals surface area contributed by atoms with Crippen LogP contribution in [0.3, 0.4) is 0 Å². The Balaban J connectivity index is 0.000000144. The molecule has 1 aromatic carbocycles. The average molecular weight is 204 g/mol. The molecule has 76 valence electrons. The van der Waals surface area contributed by atoms with E-state index in [9.17, 15) is 4.39 Å². The molecule has 2 aromatic heterocycles. The first kappa shape index (κ1) is 9.52. The van der Waals surface area contributed by atoms with Crippen LogP contribution in [0.15, 0.2) is 64.2 Å². The second kappa shape index (κ2) is 4.46. The van der Waals surface area contributed by atoms with Gasteiger partial charge in [-0.05, 0) is 18.2 Å². The molecule has 0 spiro atoms. The zero-order valence-corrected chi connectivity index (χ0v) is 7.89. The Kier molecular flexibility index (Phi) is 2.83. The van der Waals surface area contributed by atoms with E-state index in [0.717, 1.165) is 5.39 Å². The van der Waals surface area contributed by atoms with Gasteiger partial charge in [-0.3, -0.25) is 0 Å². The summed E-state index contributed by atoms with van der Waals surface area (Å²) in [6.07, 6.45) is 6.18. The molecule has 3 rings (SSSR count). The van der Waals surface area contributed by atoms with Crippen LogP contribution < -0.4 is 0 Å². The van der Waals surface area contributed by atoms with Crippen LogP contribution in [0.25, 0.3) is 10.8 Å². The van der Waals surface area contributed by atoms with E-state index in [1.165, 1.54) is 18.6 Å². The highest BCUT2D eigenvalue weighted by Gasteiger charge is 1.99. The highest BCUT2D eigenvalue weighted by Crippen LogP contribution is 2.17. The monoisotopic (exact) mass is 204 g/mol. The molecule has 0 aliphatic heterocycles. The lowest BCUT2D eigenvalue weighted by Gasteiger charge is -1.86. The van der Waals surface area contributed by atoms with Crippen LogP contribution in [-0.4, -0.2) is 0 Å². The van der Waals surface area contributed by atoms with E-state index >= 15 is 0 Å². The quantitative estimate of drug-likeness (QED) is 0.556. The standard InChI is InChI=1S/C8H5FO.C4H4O/c9-8-3-1-2-6-4-10-5-7(6)8;1-2-4-5-3-1/h1-5H;1-4H. The van der Waals surface area contributed by atoms with Crippen LogP contribution in [-0.2, 0) is 0 Å². The maximum absolute atomic E-state index is 12.8. The summed E-state index contributed by atoms with van der Waals surface area (Å²) in [4.78, 5) is 0. The molecule has 0 saturated carbocycles. The third kappa shape index (κ3) is 2.26. The fourth-order valence-corrected chi connectivity index (χ4v) is 1.18. The van der Waals surface area contributed by atoms with Gasteiger partial charge in [0.15, 0.2) is 0 Å². The zero-order valence-electron chi connectivity index (χ0n) is 7.89. The molecule has 0 saturated heterocycles. The zero-order chi connectivity index (χ0) is 10.5. The smallest absolute Gasteiger partial charge is 0.134 e. The Morgan fingerprint density at radius 3 is 2.27 bits per heavy atom. The molecular weight excluding hydrogens is 195 g/mol. The van der Waals surface area contributed by atoms with Gasteiger partial charge in [0.1, 0.15) is 12.1 Å². The van der Waals surface area contributed by atoms with Crippen molar-refractivity contribution in [3.63, 3.8) is 0 Å². The number of fused-ring (bicyclic) bond motifs is 1. The topological polar surface area (TPSA) is 26.3 Å². The summed E-state index contributed by atoms with van der Waals surface area (Å²) in [5.41, 5.74) is 0. The van der Waals surface area contributed by atoms with Crippen molar-refractivity contribution in [2.24, 2.45) is 0 Å². The van der Waals surface area contributed by atoms with Crippen LogP contribution in [0.1, 0.15) is 0 Å². The maximum Gasteiger partial charge on any atom is 0.134 e. The maximum atomic E-state index is 12.8. The predicted octanol–water partition coefficient (Wildman–Crippen LogP) is 3.85. The lowest BCUT2D eigenvalue weighted by atomic mass is 10.2. The Morgan fingerprint density at radius 2 is 1.67 bits per heavy atom. The molecule has 3 heteroatoms. The average Bonchev–Trinajstić information content (AvgIpc) is 2.93. The third-order valence-corrected chi connectivity index (χ3v) is 1.89. The number of furan rings is 2. The molecule has 0 amide bonds. The van der Waals surface area contributed by atoms with Crippen LogP contribution in [0, 0.1) is 5.82 Å². The van der Waals surface area contributed by atoms with E-state index in [-0.39, 0.29) is 5.82 Å². The van der Waals surface area contributed by atoms with Gasteiger partial charge in [-0.1, -0.05) is 12.1 Å². The van der Waals surface area contributed by atoms with Crippen molar-refractivity contribution < 1.29 is 13.2 Å². The van der Waals surface area contributed by atoms with Crippen molar-refractivity contribution in [1.29, 1.82) is 0 Å². The molecule has 0 bridgehead atoms. The largest absolute Gasteiger partial charge is 0.473 e. The van der Waals surface area contributed by atoms with E-state index in [1.54, 1.807) is 18.6 Å². The molecule has 0 radical (unpaired) electrons. The predicted molar refractivity (Wildman–Crippen MR) is 54.9 cm³/mol. The molecule has 2 nitrogen and oxygen atoms in total. The van der Waals surface area contributed by atoms with E-state index in [4.69, 9.17) is 4.42 Å². The normalized spacial score (nSPS) is 9.67. The van der Waals surface area contributed by atoms with Gasteiger partial charge in [-0.2, -0.15) is 0 Å². The lowest BCUT2D eigenvalue weighted by molar-refractivity contribution is 0.567. The summed E-state index contributed by atoms with van der Waals surface area (Å²) >= 11 is 0. The Hall–Kier alpha value is -2.03. The lowest BCUT2D eigenvalue weighted by Crippen LogP contribution is -1.70. The molecule has 0 aliphatic rings. The van der Waals surface area contributed by atoms with Gasteiger partial charge in [-0.15, -0.1) is 0 Å². The number of hydrogen-bond donors (Lipinski definition) is 0. The van der Waals surface area contributed by atoms with Crippen LogP contribution in [0.5, 0.6) is 0 Å². The molecule has 15 heavy (non-hydrogen) atoms. The van der Waals surface area contributed by atoms with Gasteiger partial charge in [0, 0.05) is 5.39 Å². The van der Waals surface area contributed by atoms with Gasteiger partial charge in [0.05, 0.1) is 24.2 Å². The summed E-state index contributed by atoms with van der Waals surface area (Å²) in [5.74, 6) is -0.230. The third-order valence-electron chi connectivity index (χ3n) is 1.89. The minimum atomic E-state index is -0.230. The van der Waals surface area contributed by atoms with Crippen molar-refractivity contribution in [3.05, 3.63) is 61.2 Å². The Bertz CT molecular complexity index is 494. The first-order valence-electron chi connectivity index (χ1n) is 4.45. The summed E-state index contributed by atoms with van der Waals surface area (Å²) < 4.78 is 22.1. The highest BCUT2D eigenvalue weighted by atomic mass is 19.1. The summed E-state index contributed by atoms with van der Waals surface area (Å²) in [7, 11) is 0. The summed E-state index contributed by atoms with van der Waals surface area (Å²) in [6.45, 7) is 0. The minimum Gasteiger partial charge on any atom is -0.473 e. The highest BCUT2D eigenvalue weighted by molar-refractivity contribution is 5.81. The summed E-state index contributed by atoms with van der Waals surface area (Å²) in [5, 5.41) is 1.35. The van der Waals surface area contributed by atoms with E-state index in [2.05, 4.69) is 4.42 Å². The summed E-state index contributed by atoms with van der Waals surface area (Å²) in [6, 6.07) is 8.55. The molecule has 0 atom stereocenters. The molecule has 0 aliphatic carbocycles. The van der Waals surface area contributed by atoms with Gasteiger partial charge in [-0.25, -0.2) is 4.39 Å². The Labute approximate surface area is 85.9 Å². The molecule has 2 heterocycles. The van der Waals surface area contributed by atoms with Gasteiger partial charge < -0.3 is 8.83 Å². The van der Waals surface area contributed by atoms with Gasteiger partial charge in [0.2, 0.25) is 0 Å². The number of rotatable bonds is 0. The van der Waals surface area contributed by atoms with Crippen LogP contribution in [0.4, 0.5) is 4.39 Å². The minimum absolute atomic E-state index is 0.230. The second-order valence-electron chi connectivity index (χ2n) is 2.91. The van der Waals surface area contributed by atoms with Crippen molar-refractivity contribution >= 4 is 10.8 Å². The van der Waals surface area contributed by atoms with Crippen LogP contribution >= 0.6 is 0 Å². The molecule has 0 fully saturated rings. The second-order valence-corrected chi connectivity index (χ2v) is 2.91. The van der Waals surface area contributed by atoms with Crippen molar-refractivity contribution in [3.8, 4) is 0 Å². The number of hydrogen-bond acceptors (Lipinski definition) is 2. The van der Waals surface area contributed by atoms with Gasteiger partial charge >= 0.3 is 0 Å². The van der Waals surface area contributed by atoms with E-state index in [0.29, 0.717) is 5.39 Å². The SMILES string of the molecule is Fc1cccc2cocc12.c1ccoc1. The number of benzene rings is 1. The van der Waals surface area contributed by atoms with Crippen LogP contribution in [0.2, 0.25) is 0 Å². The molecular formula is C12H9FO2. The fraction of sp³-hybridized carbons (Fsp3) is 0. The van der Waals surface area contributed by atoms with Crippen molar-refractivity contribution in [1.82, 2.24) is 0 Å². The molecule has 0 unspecified atom stereocenters. The van der Waals surface area contributed by atoms with E-state index < -0.39 is 0 Å². The number of halogens is 1. The fourth-order valence-electron chi connectivity index (χ4n) is 1.18. The first-order chi connectivity index (χ1) is 7.38.